The predicted molar refractivity (Wildman–Crippen MR) is 81.3 cm³/mol. The number of rotatable bonds is 6. The van der Waals surface area contributed by atoms with Gasteiger partial charge in [-0.3, -0.25) is 5.32 Å². The van der Waals surface area contributed by atoms with Crippen LogP contribution in [0.3, 0.4) is 0 Å². The van der Waals surface area contributed by atoms with Gasteiger partial charge >= 0.3 is 0 Å². The Morgan fingerprint density at radius 1 is 1.15 bits per heavy atom. The maximum Gasteiger partial charge on any atom is 0.122 e. The standard InChI is InChI=1S/C17H29N3/c1-13-5-3-4-6-16(13)20(2)12-17(11-18,14-7-8-14)19-15-9-10-15/h13-16,19H,3-10,12H2,1-2H3. The summed E-state index contributed by atoms with van der Waals surface area (Å²) >= 11 is 0. The van der Waals surface area contributed by atoms with Crippen molar-refractivity contribution in [3.63, 3.8) is 0 Å². The Morgan fingerprint density at radius 2 is 1.85 bits per heavy atom. The molecule has 3 unspecified atom stereocenters. The van der Waals surface area contributed by atoms with Crippen molar-refractivity contribution in [1.29, 1.82) is 5.26 Å². The quantitative estimate of drug-likeness (QED) is 0.810. The van der Waals surface area contributed by atoms with Crippen molar-refractivity contribution < 1.29 is 0 Å². The lowest BCUT2D eigenvalue weighted by molar-refractivity contribution is 0.108. The first-order valence-electron chi connectivity index (χ1n) is 8.54. The fourth-order valence-corrected chi connectivity index (χ4v) is 4.08. The van der Waals surface area contributed by atoms with E-state index in [9.17, 15) is 5.26 Å². The molecule has 0 aromatic heterocycles. The number of hydrogen-bond donors (Lipinski definition) is 1. The molecule has 0 spiro atoms. The van der Waals surface area contributed by atoms with Gasteiger partial charge in [0.1, 0.15) is 5.54 Å². The molecule has 3 heteroatoms. The van der Waals surface area contributed by atoms with Gasteiger partial charge in [-0.15, -0.1) is 0 Å². The molecule has 3 rings (SSSR count). The molecule has 3 saturated carbocycles. The van der Waals surface area contributed by atoms with Crippen LogP contribution in [0.5, 0.6) is 0 Å². The van der Waals surface area contributed by atoms with Crippen molar-refractivity contribution in [2.24, 2.45) is 11.8 Å². The Hall–Kier alpha value is -0.590. The molecular weight excluding hydrogens is 246 g/mol. The smallest absolute Gasteiger partial charge is 0.122 e. The first kappa shape index (κ1) is 14.4. The van der Waals surface area contributed by atoms with Crippen LogP contribution >= 0.6 is 0 Å². The van der Waals surface area contributed by atoms with Crippen LogP contribution in [0.25, 0.3) is 0 Å². The molecule has 0 heterocycles. The van der Waals surface area contributed by atoms with Gasteiger partial charge in [0, 0.05) is 18.6 Å². The third kappa shape index (κ3) is 3.02. The highest BCUT2D eigenvalue weighted by atomic mass is 15.2. The van der Waals surface area contributed by atoms with E-state index in [4.69, 9.17) is 0 Å². The molecule has 3 aliphatic rings. The van der Waals surface area contributed by atoms with Crippen molar-refractivity contribution >= 4 is 0 Å². The van der Waals surface area contributed by atoms with Gasteiger partial charge in [0.2, 0.25) is 0 Å². The Bertz CT molecular complexity index is 380. The summed E-state index contributed by atoms with van der Waals surface area (Å²) in [5.41, 5.74) is -0.271. The van der Waals surface area contributed by atoms with E-state index in [1.54, 1.807) is 0 Å². The molecular formula is C17H29N3. The van der Waals surface area contributed by atoms with Gasteiger partial charge < -0.3 is 4.90 Å². The van der Waals surface area contributed by atoms with Crippen molar-refractivity contribution in [3.8, 4) is 6.07 Å². The van der Waals surface area contributed by atoms with E-state index in [2.05, 4.69) is 30.3 Å². The van der Waals surface area contributed by atoms with E-state index in [-0.39, 0.29) is 5.54 Å². The topological polar surface area (TPSA) is 39.1 Å². The summed E-state index contributed by atoms with van der Waals surface area (Å²) < 4.78 is 0. The summed E-state index contributed by atoms with van der Waals surface area (Å²) in [5, 5.41) is 13.5. The summed E-state index contributed by atoms with van der Waals surface area (Å²) in [6.07, 6.45) is 10.4. The lowest BCUT2D eigenvalue weighted by Gasteiger charge is -2.41. The van der Waals surface area contributed by atoms with Gasteiger partial charge in [-0.05, 0) is 57.4 Å². The number of nitrogens with one attached hydrogen (secondary N) is 1. The van der Waals surface area contributed by atoms with Crippen LogP contribution < -0.4 is 5.32 Å². The van der Waals surface area contributed by atoms with Crippen LogP contribution in [-0.4, -0.2) is 36.1 Å². The van der Waals surface area contributed by atoms with Crippen LogP contribution in [0.15, 0.2) is 0 Å². The molecule has 3 fully saturated rings. The molecule has 3 nitrogen and oxygen atoms in total. The van der Waals surface area contributed by atoms with Crippen LogP contribution in [0.4, 0.5) is 0 Å². The highest BCUT2D eigenvalue weighted by Crippen LogP contribution is 2.42. The van der Waals surface area contributed by atoms with Gasteiger partial charge in [0.25, 0.3) is 0 Å². The van der Waals surface area contributed by atoms with Gasteiger partial charge in [-0.25, -0.2) is 0 Å². The molecule has 0 aliphatic heterocycles. The first-order chi connectivity index (χ1) is 9.64. The van der Waals surface area contributed by atoms with E-state index in [0.717, 1.165) is 12.5 Å². The highest BCUT2D eigenvalue weighted by Gasteiger charge is 2.49. The van der Waals surface area contributed by atoms with Crippen molar-refractivity contribution in [2.75, 3.05) is 13.6 Å². The van der Waals surface area contributed by atoms with Crippen LogP contribution in [0, 0.1) is 23.2 Å². The Morgan fingerprint density at radius 3 is 2.40 bits per heavy atom. The van der Waals surface area contributed by atoms with E-state index < -0.39 is 0 Å². The van der Waals surface area contributed by atoms with Gasteiger partial charge in [-0.2, -0.15) is 5.26 Å². The first-order valence-corrected chi connectivity index (χ1v) is 8.54. The fourth-order valence-electron chi connectivity index (χ4n) is 4.08. The molecule has 112 valence electrons. The zero-order valence-electron chi connectivity index (χ0n) is 13.1. The number of nitriles is 1. The minimum absolute atomic E-state index is 0.271. The molecule has 3 atom stereocenters. The fraction of sp³-hybridized carbons (Fsp3) is 0.941. The van der Waals surface area contributed by atoms with Gasteiger partial charge in [0.15, 0.2) is 0 Å². The van der Waals surface area contributed by atoms with Crippen molar-refractivity contribution in [1.82, 2.24) is 10.2 Å². The molecule has 0 aromatic carbocycles. The second-order valence-corrected chi connectivity index (χ2v) is 7.52. The van der Waals surface area contributed by atoms with Gasteiger partial charge in [0.05, 0.1) is 6.07 Å². The Kier molecular flexibility index (Phi) is 4.06. The van der Waals surface area contributed by atoms with Crippen molar-refractivity contribution in [3.05, 3.63) is 0 Å². The molecule has 20 heavy (non-hydrogen) atoms. The molecule has 0 radical (unpaired) electrons. The second-order valence-electron chi connectivity index (χ2n) is 7.52. The average Bonchev–Trinajstić information content (AvgIpc) is 3.30. The van der Waals surface area contributed by atoms with Crippen LogP contribution in [-0.2, 0) is 0 Å². The zero-order valence-corrected chi connectivity index (χ0v) is 13.1. The number of hydrogen-bond acceptors (Lipinski definition) is 3. The average molecular weight is 275 g/mol. The van der Waals surface area contributed by atoms with Gasteiger partial charge in [-0.1, -0.05) is 19.8 Å². The van der Waals surface area contributed by atoms with Crippen molar-refractivity contribution in [2.45, 2.75) is 75.9 Å². The third-order valence-electron chi connectivity index (χ3n) is 5.64. The summed E-state index contributed by atoms with van der Waals surface area (Å²) in [6.45, 7) is 3.31. The SMILES string of the molecule is CC1CCCCC1N(C)CC(C#N)(NC1CC1)C1CC1. The van der Waals surface area contributed by atoms with E-state index in [1.165, 1.54) is 51.4 Å². The minimum Gasteiger partial charge on any atom is -0.300 e. The molecule has 0 saturated heterocycles. The van der Waals surface area contributed by atoms with Crippen LogP contribution in [0.1, 0.15) is 58.3 Å². The highest BCUT2D eigenvalue weighted by molar-refractivity contribution is 5.18. The zero-order chi connectivity index (χ0) is 14.2. The van der Waals surface area contributed by atoms with E-state index in [0.29, 0.717) is 18.0 Å². The Balaban J connectivity index is 1.67. The molecule has 0 aromatic rings. The summed E-state index contributed by atoms with van der Waals surface area (Å²) in [4.78, 5) is 2.50. The number of likely N-dealkylation sites (N-methyl/N-ethyl adjacent to an activating group) is 1. The predicted octanol–water partition coefficient (Wildman–Crippen LogP) is 2.92. The third-order valence-corrected chi connectivity index (χ3v) is 5.64. The summed E-state index contributed by atoms with van der Waals surface area (Å²) in [6, 6.07) is 3.98. The maximum absolute atomic E-state index is 9.84. The lowest BCUT2D eigenvalue weighted by Crippen LogP contribution is -2.57. The molecule has 0 amide bonds. The maximum atomic E-state index is 9.84. The Labute approximate surface area is 123 Å². The monoisotopic (exact) mass is 275 g/mol. The minimum atomic E-state index is -0.271. The molecule has 3 aliphatic carbocycles. The number of nitrogens with zero attached hydrogens (tertiary/aromatic N) is 2. The summed E-state index contributed by atoms with van der Waals surface area (Å²) in [5.74, 6) is 1.37. The largest absolute Gasteiger partial charge is 0.300 e. The molecule has 0 bridgehead atoms. The van der Waals surface area contributed by atoms with E-state index >= 15 is 0 Å². The molecule has 1 N–H and O–H groups in total. The normalized spacial score (nSPS) is 33.7. The lowest BCUT2D eigenvalue weighted by atomic mass is 9.84. The second kappa shape index (κ2) is 5.66. The summed E-state index contributed by atoms with van der Waals surface area (Å²) in [7, 11) is 2.25. The van der Waals surface area contributed by atoms with Crippen LogP contribution in [0.2, 0.25) is 0 Å². The van der Waals surface area contributed by atoms with E-state index in [1.807, 2.05) is 0 Å².